The van der Waals surface area contributed by atoms with Crippen LogP contribution in [0.25, 0.3) is 0 Å². The lowest BCUT2D eigenvalue weighted by Gasteiger charge is -2.65. The second kappa shape index (κ2) is 21.2. The quantitative estimate of drug-likeness (QED) is 0.0545. The largest absolute Gasteiger partial charge is 0.378 e. The van der Waals surface area contributed by atoms with Crippen molar-refractivity contribution in [1.29, 1.82) is 0 Å². The molecule has 13 nitrogen and oxygen atoms in total. The summed E-state index contributed by atoms with van der Waals surface area (Å²) in [6.45, 7) is 13.5. The Morgan fingerprint density at radius 2 is 1.37 bits per heavy atom. The van der Waals surface area contributed by atoms with Crippen LogP contribution < -0.4 is 34.4 Å². The van der Waals surface area contributed by atoms with E-state index in [-0.39, 0.29) is 47.0 Å². The number of rotatable bonds is 22. The normalized spacial score (nSPS) is 32.4. The van der Waals surface area contributed by atoms with Gasteiger partial charge in [0.05, 0.1) is 18.3 Å². The Balaban J connectivity index is 1.35. The molecule has 2 unspecified atom stereocenters. The zero-order chi connectivity index (χ0) is 41.0. The number of guanidine groups is 3. The summed E-state index contributed by atoms with van der Waals surface area (Å²) < 4.78 is 20.7. The minimum Gasteiger partial charge on any atom is -0.378 e. The molecule has 11 atom stereocenters. The van der Waals surface area contributed by atoms with Gasteiger partial charge in [0.1, 0.15) is 0 Å². The van der Waals surface area contributed by atoms with Gasteiger partial charge in [-0.25, -0.2) is 0 Å². The van der Waals surface area contributed by atoms with Crippen LogP contribution in [0.3, 0.4) is 0 Å². The fraction of sp³-hybridized carbons (Fsp3) is 0.795. The Bertz CT molecular complexity index is 1450. The standard InChI is InChI=1S/C44H78N10O3/c1-30(12-8-22-54(4)29-31-13-6-5-7-14-31)34-15-16-35-39-36(28-38(44(34,35)3)57-25-11-21-53-42(49)50)43(2)18-17-33(55-23-9-19-51-40(45)46)26-32(43)27-37(39)56-24-10-20-52-41(47)48/h5-7,13-14,30,32-39H,8-12,15-29H2,1-4H3,(H4,45,46,51)(H4,47,48,52)(H4,49,50,53)/t30-,32?,33-,34-,35+,36+,37-,38+,39?,43+,44-/m1/s1. The van der Waals surface area contributed by atoms with Crippen molar-refractivity contribution in [3.8, 4) is 0 Å². The minimum absolute atomic E-state index is 0.0471. The second-order valence-corrected chi connectivity index (χ2v) is 18.4. The van der Waals surface area contributed by atoms with Crippen molar-refractivity contribution in [3.05, 3.63) is 35.9 Å². The fourth-order valence-electron chi connectivity index (χ4n) is 12.0. The van der Waals surface area contributed by atoms with E-state index >= 15 is 0 Å². The van der Waals surface area contributed by atoms with Crippen LogP contribution in [0.5, 0.6) is 0 Å². The number of hydrogen-bond donors (Lipinski definition) is 6. The van der Waals surface area contributed by atoms with Crippen LogP contribution >= 0.6 is 0 Å². The van der Waals surface area contributed by atoms with E-state index in [0.717, 1.165) is 64.5 Å². The first kappa shape index (κ1) is 45.0. The molecule has 4 fully saturated rings. The highest BCUT2D eigenvalue weighted by Crippen LogP contribution is 2.69. The maximum absolute atomic E-state index is 7.14. The number of benzene rings is 1. The molecule has 4 saturated carbocycles. The summed E-state index contributed by atoms with van der Waals surface area (Å²) in [6, 6.07) is 10.8. The molecule has 1 aromatic rings. The third-order valence-corrected chi connectivity index (χ3v) is 14.7. The van der Waals surface area contributed by atoms with E-state index in [4.69, 9.17) is 48.6 Å². The van der Waals surface area contributed by atoms with Gasteiger partial charge in [0.2, 0.25) is 0 Å². The van der Waals surface area contributed by atoms with Crippen molar-refractivity contribution in [2.45, 2.75) is 123 Å². The smallest absolute Gasteiger partial charge is 0.185 e. The average Bonchev–Trinajstić information content (AvgIpc) is 3.52. The zero-order valence-electron chi connectivity index (χ0n) is 35.7. The van der Waals surface area contributed by atoms with Gasteiger partial charge in [0, 0.05) is 51.4 Å². The maximum Gasteiger partial charge on any atom is 0.185 e. The molecule has 0 radical (unpaired) electrons. The first-order valence-corrected chi connectivity index (χ1v) is 22.1. The van der Waals surface area contributed by atoms with E-state index in [0.29, 0.717) is 75.0 Å². The SMILES string of the molecule is C[C@H](CCCN(C)Cc1ccccc1)[C@H]1CC[C@H]2C3[C@H](OCCCN=C(N)N)CC4C[C@H](OCCCN=C(N)N)CC[C@]4(C)[C@H]3C[C@H](OCCCN=C(N)N)[C@]12C. The van der Waals surface area contributed by atoms with Crippen molar-refractivity contribution in [3.63, 3.8) is 0 Å². The van der Waals surface area contributed by atoms with E-state index in [9.17, 15) is 0 Å². The number of aliphatic imine (C=N–C) groups is 3. The predicted octanol–water partition coefficient (Wildman–Crippen LogP) is 4.56. The van der Waals surface area contributed by atoms with Gasteiger partial charge in [0.15, 0.2) is 17.9 Å². The Hall–Kier alpha value is -3.13. The molecule has 13 heteroatoms. The van der Waals surface area contributed by atoms with Crippen LogP contribution in [0.2, 0.25) is 0 Å². The van der Waals surface area contributed by atoms with Crippen molar-refractivity contribution in [2.75, 3.05) is 53.0 Å². The predicted molar refractivity (Wildman–Crippen MR) is 232 cm³/mol. The van der Waals surface area contributed by atoms with E-state index in [1.54, 1.807) is 0 Å². The number of fused-ring (bicyclic) bond motifs is 5. The van der Waals surface area contributed by atoms with Crippen LogP contribution in [-0.2, 0) is 20.8 Å². The fourth-order valence-corrected chi connectivity index (χ4v) is 12.0. The van der Waals surface area contributed by atoms with Gasteiger partial charge in [-0.15, -0.1) is 0 Å². The summed E-state index contributed by atoms with van der Waals surface area (Å²) in [5, 5.41) is 0. The van der Waals surface area contributed by atoms with E-state index in [1.165, 1.54) is 31.2 Å². The lowest BCUT2D eigenvalue weighted by atomic mass is 9.43. The molecule has 4 aliphatic rings. The summed E-state index contributed by atoms with van der Waals surface area (Å²) in [5.41, 5.74) is 35.4. The average molecular weight is 795 g/mol. The monoisotopic (exact) mass is 795 g/mol. The highest BCUT2D eigenvalue weighted by atomic mass is 16.5. The molecule has 322 valence electrons. The van der Waals surface area contributed by atoms with Crippen LogP contribution in [0.15, 0.2) is 45.3 Å². The number of ether oxygens (including phenoxy) is 3. The van der Waals surface area contributed by atoms with Crippen molar-refractivity contribution in [1.82, 2.24) is 4.90 Å². The van der Waals surface area contributed by atoms with Gasteiger partial charge in [0.25, 0.3) is 0 Å². The topological polar surface area (TPSA) is 224 Å². The summed E-state index contributed by atoms with van der Waals surface area (Å²) in [4.78, 5) is 15.1. The molecule has 12 N–H and O–H groups in total. The third-order valence-electron chi connectivity index (χ3n) is 14.7. The number of nitrogens with zero attached hydrogens (tertiary/aromatic N) is 4. The van der Waals surface area contributed by atoms with E-state index in [2.05, 4.69) is 78.0 Å². The summed E-state index contributed by atoms with van der Waals surface area (Å²) in [5.74, 6) is 3.61. The highest BCUT2D eigenvalue weighted by Gasteiger charge is 2.66. The Morgan fingerprint density at radius 1 is 0.754 bits per heavy atom. The first-order valence-electron chi connectivity index (χ1n) is 22.1. The molecule has 0 aromatic heterocycles. The molecular formula is C44H78N10O3. The van der Waals surface area contributed by atoms with Crippen LogP contribution in [0.1, 0.15) is 103 Å². The van der Waals surface area contributed by atoms with Crippen LogP contribution in [0, 0.1) is 46.3 Å². The lowest BCUT2D eigenvalue weighted by Crippen LogP contribution is -2.63. The molecule has 0 saturated heterocycles. The molecule has 1 aromatic carbocycles. The van der Waals surface area contributed by atoms with E-state index in [1.807, 2.05) is 0 Å². The van der Waals surface area contributed by atoms with Gasteiger partial charge in [-0.05, 0) is 137 Å². The van der Waals surface area contributed by atoms with Crippen molar-refractivity contribution >= 4 is 17.9 Å². The minimum atomic E-state index is 0.0471. The first-order chi connectivity index (χ1) is 27.3. The maximum atomic E-state index is 7.14. The Labute approximate surface area is 343 Å². The van der Waals surface area contributed by atoms with Crippen molar-refractivity contribution in [2.24, 2.45) is 95.7 Å². The zero-order valence-corrected chi connectivity index (χ0v) is 35.7. The van der Waals surface area contributed by atoms with Crippen LogP contribution in [0.4, 0.5) is 0 Å². The molecule has 4 aliphatic carbocycles. The van der Waals surface area contributed by atoms with Crippen molar-refractivity contribution < 1.29 is 14.2 Å². The van der Waals surface area contributed by atoms with E-state index < -0.39 is 0 Å². The number of nitrogens with two attached hydrogens (primary N) is 6. The molecular weight excluding hydrogens is 717 g/mol. The molecule has 0 amide bonds. The lowest BCUT2D eigenvalue weighted by molar-refractivity contribution is -0.227. The summed E-state index contributed by atoms with van der Waals surface area (Å²) in [7, 11) is 2.25. The molecule has 57 heavy (non-hydrogen) atoms. The highest BCUT2D eigenvalue weighted by molar-refractivity contribution is 5.76. The summed E-state index contributed by atoms with van der Waals surface area (Å²) in [6.07, 6.45) is 13.3. The molecule has 0 aliphatic heterocycles. The van der Waals surface area contributed by atoms with Crippen LogP contribution in [-0.4, -0.2) is 94.1 Å². The Kier molecular flexibility index (Phi) is 16.7. The Morgan fingerprint density at radius 3 is 2.00 bits per heavy atom. The molecule has 0 spiro atoms. The second-order valence-electron chi connectivity index (χ2n) is 18.4. The molecule has 5 rings (SSSR count). The van der Waals surface area contributed by atoms with Gasteiger partial charge < -0.3 is 53.5 Å². The third kappa shape index (κ3) is 11.8. The van der Waals surface area contributed by atoms with Gasteiger partial charge in [-0.2, -0.15) is 0 Å². The summed E-state index contributed by atoms with van der Waals surface area (Å²) >= 11 is 0. The van der Waals surface area contributed by atoms with Gasteiger partial charge in [-0.1, -0.05) is 51.1 Å². The van der Waals surface area contributed by atoms with Gasteiger partial charge >= 0.3 is 0 Å². The number of hydrogen-bond acceptors (Lipinski definition) is 7. The molecule has 0 bridgehead atoms. The molecule has 0 heterocycles. The van der Waals surface area contributed by atoms with Gasteiger partial charge in [-0.3, -0.25) is 15.0 Å².